The minimum absolute atomic E-state index is 0.0608. The van der Waals surface area contributed by atoms with Crippen molar-refractivity contribution in [1.29, 1.82) is 0 Å². The fourth-order valence-corrected chi connectivity index (χ4v) is 5.13. The number of fused-ring (bicyclic) bond motifs is 1. The van der Waals surface area contributed by atoms with Crippen molar-refractivity contribution in [2.75, 3.05) is 36.4 Å². The molecule has 4 rings (SSSR count). The molecule has 2 aliphatic rings. The van der Waals surface area contributed by atoms with Crippen LogP contribution in [-0.2, 0) is 22.4 Å². The molecule has 29 heavy (non-hydrogen) atoms. The van der Waals surface area contributed by atoms with Crippen LogP contribution in [-0.4, -0.2) is 47.9 Å². The average Bonchev–Trinajstić information content (AvgIpc) is 3.14. The summed E-state index contributed by atoms with van der Waals surface area (Å²) in [6.07, 6.45) is 2.19. The molecule has 8 heteroatoms. The van der Waals surface area contributed by atoms with E-state index in [-0.39, 0.29) is 23.5 Å². The van der Waals surface area contributed by atoms with Crippen molar-refractivity contribution in [2.45, 2.75) is 33.1 Å². The molecule has 1 N–H and O–H groups in total. The van der Waals surface area contributed by atoms with Crippen LogP contribution in [0.3, 0.4) is 0 Å². The van der Waals surface area contributed by atoms with Crippen LogP contribution in [0.5, 0.6) is 0 Å². The molecule has 1 aromatic heterocycles. The van der Waals surface area contributed by atoms with Crippen molar-refractivity contribution < 1.29 is 14.0 Å². The SMILES string of the molecule is CC(=O)N1CCN(c2nc3c(s2)C[C@H](C(=O)Nc2cc(F)ccc2C)CC3)CC1. The van der Waals surface area contributed by atoms with E-state index in [2.05, 4.69) is 10.2 Å². The molecule has 1 saturated heterocycles. The van der Waals surface area contributed by atoms with Gasteiger partial charge in [0.2, 0.25) is 11.8 Å². The number of carbonyl (C=O) groups excluding carboxylic acids is 2. The quantitative estimate of drug-likeness (QED) is 0.835. The molecule has 2 amide bonds. The first kappa shape index (κ1) is 19.8. The van der Waals surface area contributed by atoms with Gasteiger partial charge in [-0.25, -0.2) is 9.37 Å². The standard InChI is InChI=1S/C21H25FN4O2S/c1-13-3-5-16(22)12-18(13)23-20(28)15-4-6-17-19(11-15)29-21(24-17)26-9-7-25(8-10-26)14(2)27/h3,5,12,15H,4,6-11H2,1-2H3,(H,23,28)/t15-/m1/s1. The van der Waals surface area contributed by atoms with Crippen molar-refractivity contribution in [1.82, 2.24) is 9.88 Å². The Bertz CT molecular complexity index is 937. The summed E-state index contributed by atoms with van der Waals surface area (Å²) in [5.41, 5.74) is 2.47. The molecule has 2 heterocycles. The molecule has 6 nitrogen and oxygen atoms in total. The molecule has 0 unspecified atom stereocenters. The summed E-state index contributed by atoms with van der Waals surface area (Å²) in [7, 11) is 0. The lowest BCUT2D eigenvalue weighted by molar-refractivity contribution is -0.129. The zero-order chi connectivity index (χ0) is 20.5. The van der Waals surface area contributed by atoms with E-state index in [9.17, 15) is 14.0 Å². The molecule has 154 valence electrons. The van der Waals surface area contributed by atoms with E-state index >= 15 is 0 Å². The Kier molecular flexibility index (Phi) is 5.54. The number of halogens is 1. The molecule has 0 saturated carbocycles. The van der Waals surface area contributed by atoms with Gasteiger partial charge in [0.25, 0.3) is 0 Å². The fourth-order valence-electron chi connectivity index (χ4n) is 3.90. The van der Waals surface area contributed by atoms with Crippen LogP contribution in [0.2, 0.25) is 0 Å². The zero-order valence-electron chi connectivity index (χ0n) is 16.7. The van der Waals surface area contributed by atoms with E-state index in [1.807, 2.05) is 11.8 Å². The molecule has 2 aromatic rings. The minimum Gasteiger partial charge on any atom is -0.345 e. The van der Waals surface area contributed by atoms with Crippen molar-refractivity contribution >= 4 is 34.0 Å². The van der Waals surface area contributed by atoms with E-state index in [4.69, 9.17) is 4.98 Å². The van der Waals surface area contributed by atoms with Crippen LogP contribution in [0.15, 0.2) is 18.2 Å². The zero-order valence-corrected chi connectivity index (χ0v) is 17.5. The maximum atomic E-state index is 13.5. The number of nitrogens with one attached hydrogen (secondary N) is 1. The first-order valence-electron chi connectivity index (χ1n) is 9.97. The largest absolute Gasteiger partial charge is 0.345 e. The van der Waals surface area contributed by atoms with Crippen molar-refractivity contribution in [3.8, 4) is 0 Å². The fraction of sp³-hybridized carbons (Fsp3) is 0.476. The van der Waals surface area contributed by atoms with Crippen molar-refractivity contribution in [3.05, 3.63) is 40.2 Å². The smallest absolute Gasteiger partial charge is 0.227 e. The number of anilines is 2. The van der Waals surface area contributed by atoms with E-state index in [0.29, 0.717) is 12.1 Å². The second-order valence-electron chi connectivity index (χ2n) is 7.75. The van der Waals surface area contributed by atoms with Crippen molar-refractivity contribution in [3.63, 3.8) is 0 Å². The predicted octanol–water partition coefficient (Wildman–Crippen LogP) is 3.00. The summed E-state index contributed by atoms with van der Waals surface area (Å²) in [6.45, 7) is 6.47. The third kappa shape index (κ3) is 4.27. The van der Waals surface area contributed by atoms with Crippen LogP contribution < -0.4 is 10.2 Å². The summed E-state index contributed by atoms with van der Waals surface area (Å²) < 4.78 is 13.5. The van der Waals surface area contributed by atoms with Crippen LogP contribution in [0.1, 0.15) is 29.5 Å². The molecule has 1 aliphatic carbocycles. The Morgan fingerprint density at radius 2 is 2.00 bits per heavy atom. The Balaban J connectivity index is 1.41. The first-order valence-corrected chi connectivity index (χ1v) is 10.8. The van der Waals surface area contributed by atoms with Crippen LogP contribution >= 0.6 is 11.3 Å². The van der Waals surface area contributed by atoms with E-state index in [1.54, 1.807) is 24.3 Å². The van der Waals surface area contributed by atoms with Gasteiger partial charge in [-0.3, -0.25) is 9.59 Å². The van der Waals surface area contributed by atoms with Gasteiger partial charge < -0.3 is 15.1 Å². The number of hydrogen-bond acceptors (Lipinski definition) is 5. The second-order valence-corrected chi connectivity index (χ2v) is 8.81. The van der Waals surface area contributed by atoms with Crippen LogP contribution in [0, 0.1) is 18.7 Å². The Morgan fingerprint density at radius 3 is 2.72 bits per heavy atom. The van der Waals surface area contributed by atoms with Gasteiger partial charge >= 0.3 is 0 Å². The highest BCUT2D eigenvalue weighted by atomic mass is 32.1. The number of hydrogen-bond donors (Lipinski definition) is 1. The molecule has 0 bridgehead atoms. The highest BCUT2D eigenvalue weighted by Crippen LogP contribution is 2.35. The van der Waals surface area contributed by atoms with Gasteiger partial charge in [-0.2, -0.15) is 0 Å². The lowest BCUT2D eigenvalue weighted by atomic mass is 9.90. The second kappa shape index (κ2) is 8.10. The predicted molar refractivity (Wildman–Crippen MR) is 112 cm³/mol. The Labute approximate surface area is 173 Å². The summed E-state index contributed by atoms with van der Waals surface area (Å²) in [5, 5.41) is 3.88. The molecule has 1 atom stereocenters. The minimum atomic E-state index is -0.353. The molecular formula is C21H25FN4O2S. The summed E-state index contributed by atoms with van der Waals surface area (Å²) in [6, 6.07) is 4.44. The Morgan fingerprint density at radius 1 is 1.24 bits per heavy atom. The number of aromatic nitrogens is 1. The lowest BCUT2D eigenvalue weighted by Crippen LogP contribution is -2.48. The van der Waals surface area contributed by atoms with Gasteiger partial charge in [-0.05, 0) is 43.9 Å². The van der Waals surface area contributed by atoms with E-state index < -0.39 is 0 Å². The third-order valence-electron chi connectivity index (χ3n) is 5.75. The highest BCUT2D eigenvalue weighted by molar-refractivity contribution is 7.15. The van der Waals surface area contributed by atoms with Crippen LogP contribution in [0.25, 0.3) is 0 Å². The molecule has 1 aliphatic heterocycles. The number of rotatable bonds is 3. The number of carbonyl (C=O) groups is 2. The molecule has 1 fully saturated rings. The van der Waals surface area contributed by atoms with Crippen LogP contribution in [0.4, 0.5) is 15.2 Å². The monoisotopic (exact) mass is 416 g/mol. The topological polar surface area (TPSA) is 65.5 Å². The third-order valence-corrected chi connectivity index (χ3v) is 6.93. The van der Waals surface area contributed by atoms with Gasteiger partial charge in [0, 0.05) is 49.6 Å². The highest BCUT2D eigenvalue weighted by Gasteiger charge is 2.29. The van der Waals surface area contributed by atoms with Gasteiger partial charge in [-0.1, -0.05) is 6.07 Å². The molecule has 0 spiro atoms. The lowest BCUT2D eigenvalue weighted by Gasteiger charge is -2.33. The summed E-state index contributed by atoms with van der Waals surface area (Å²) >= 11 is 1.66. The Hall–Kier alpha value is -2.48. The van der Waals surface area contributed by atoms with Crippen molar-refractivity contribution in [2.24, 2.45) is 5.92 Å². The average molecular weight is 417 g/mol. The van der Waals surface area contributed by atoms with Gasteiger partial charge in [0.15, 0.2) is 5.13 Å². The van der Waals surface area contributed by atoms with Gasteiger partial charge in [-0.15, -0.1) is 11.3 Å². The number of aryl methyl sites for hydroxylation is 2. The molecular weight excluding hydrogens is 391 g/mol. The number of nitrogens with zero attached hydrogens (tertiary/aromatic N) is 3. The number of amides is 2. The first-order chi connectivity index (χ1) is 13.9. The summed E-state index contributed by atoms with van der Waals surface area (Å²) in [5.74, 6) is -0.429. The molecule has 1 aromatic carbocycles. The van der Waals surface area contributed by atoms with E-state index in [1.165, 1.54) is 12.1 Å². The number of benzene rings is 1. The van der Waals surface area contributed by atoms with Gasteiger partial charge in [0.1, 0.15) is 5.82 Å². The van der Waals surface area contributed by atoms with E-state index in [0.717, 1.165) is 60.3 Å². The normalized spacial score (nSPS) is 19.1. The summed E-state index contributed by atoms with van der Waals surface area (Å²) in [4.78, 5) is 34.3. The number of piperazine rings is 1. The number of thiazole rings is 1. The maximum absolute atomic E-state index is 13.5. The van der Waals surface area contributed by atoms with Gasteiger partial charge in [0.05, 0.1) is 5.69 Å². The molecule has 0 radical (unpaired) electrons. The maximum Gasteiger partial charge on any atom is 0.227 e.